The van der Waals surface area contributed by atoms with E-state index in [1.165, 1.54) is 16.7 Å². The third-order valence-electron chi connectivity index (χ3n) is 2.77. The largest absolute Gasteiger partial charge is 0.245 e. The molecule has 0 aliphatic carbocycles. The highest BCUT2D eigenvalue weighted by Crippen LogP contribution is 2.30. The van der Waals surface area contributed by atoms with Gasteiger partial charge < -0.3 is 0 Å². The summed E-state index contributed by atoms with van der Waals surface area (Å²) in [6.07, 6.45) is 1.86. The van der Waals surface area contributed by atoms with Crippen LogP contribution in [0.15, 0.2) is 29.8 Å². The molecule has 2 rings (SSSR count). The van der Waals surface area contributed by atoms with Gasteiger partial charge in [0.1, 0.15) is 5.01 Å². The van der Waals surface area contributed by atoms with Gasteiger partial charge in [0.15, 0.2) is 0 Å². The summed E-state index contributed by atoms with van der Waals surface area (Å²) < 4.78 is 0. The number of nitrogens with zero attached hydrogens (tertiary/aromatic N) is 1. The third-order valence-corrected chi connectivity index (χ3v) is 3.57. The molecule has 1 nitrogen and oxygen atoms in total. The van der Waals surface area contributed by atoms with Gasteiger partial charge in [-0.1, -0.05) is 32.9 Å². The summed E-state index contributed by atoms with van der Waals surface area (Å²) in [6, 6.07) is 6.68. The van der Waals surface area contributed by atoms with E-state index in [9.17, 15) is 0 Å². The van der Waals surface area contributed by atoms with Gasteiger partial charge >= 0.3 is 0 Å². The SMILES string of the molecule is Cc1ccc(C(C)(C)C)cc1-c1nccs1. The Labute approximate surface area is 101 Å². The van der Waals surface area contributed by atoms with Gasteiger partial charge in [-0.3, -0.25) is 0 Å². The predicted molar refractivity (Wildman–Crippen MR) is 71.0 cm³/mol. The minimum atomic E-state index is 0.194. The van der Waals surface area contributed by atoms with Crippen LogP contribution < -0.4 is 0 Å². The number of rotatable bonds is 1. The van der Waals surface area contributed by atoms with Crippen LogP contribution in [-0.2, 0) is 5.41 Å². The molecule has 0 aliphatic heterocycles. The lowest BCUT2D eigenvalue weighted by Crippen LogP contribution is -2.11. The lowest BCUT2D eigenvalue weighted by Gasteiger charge is -2.20. The molecule has 0 saturated heterocycles. The predicted octanol–water partition coefficient (Wildman–Crippen LogP) is 4.42. The van der Waals surface area contributed by atoms with Crippen molar-refractivity contribution in [1.82, 2.24) is 4.98 Å². The van der Waals surface area contributed by atoms with Crippen LogP contribution >= 0.6 is 11.3 Å². The maximum atomic E-state index is 4.39. The normalized spacial score (nSPS) is 11.8. The highest BCUT2D eigenvalue weighted by molar-refractivity contribution is 7.13. The van der Waals surface area contributed by atoms with Crippen molar-refractivity contribution in [3.05, 3.63) is 40.9 Å². The first-order valence-electron chi connectivity index (χ1n) is 5.49. The second kappa shape index (κ2) is 4.02. The van der Waals surface area contributed by atoms with Crippen LogP contribution in [-0.4, -0.2) is 4.98 Å². The van der Waals surface area contributed by atoms with Crippen molar-refractivity contribution >= 4 is 11.3 Å². The van der Waals surface area contributed by atoms with Gasteiger partial charge in [0.05, 0.1) is 0 Å². The van der Waals surface area contributed by atoms with E-state index in [0.717, 1.165) is 5.01 Å². The van der Waals surface area contributed by atoms with Crippen LogP contribution in [0.1, 0.15) is 31.9 Å². The summed E-state index contributed by atoms with van der Waals surface area (Å²) in [5.41, 5.74) is 4.12. The Morgan fingerprint density at radius 3 is 2.50 bits per heavy atom. The van der Waals surface area contributed by atoms with Crippen LogP contribution in [0, 0.1) is 6.92 Å². The Kier molecular flexibility index (Phi) is 2.85. The molecule has 84 valence electrons. The molecule has 1 aromatic carbocycles. The molecule has 0 atom stereocenters. The highest BCUT2D eigenvalue weighted by Gasteiger charge is 2.15. The Morgan fingerprint density at radius 2 is 1.94 bits per heavy atom. The van der Waals surface area contributed by atoms with Crippen molar-refractivity contribution in [2.45, 2.75) is 33.1 Å². The topological polar surface area (TPSA) is 12.9 Å². The maximum absolute atomic E-state index is 4.39. The third kappa shape index (κ3) is 2.17. The first kappa shape index (κ1) is 11.3. The van der Waals surface area contributed by atoms with Crippen molar-refractivity contribution in [1.29, 1.82) is 0 Å². The van der Waals surface area contributed by atoms with Gasteiger partial charge in [0, 0.05) is 17.1 Å². The van der Waals surface area contributed by atoms with Gasteiger partial charge in [0.25, 0.3) is 0 Å². The molecule has 2 heteroatoms. The molecule has 1 aromatic heterocycles. The fourth-order valence-electron chi connectivity index (χ4n) is 1.68. The number of thiazole rings is 1. The zero-order valence-electron chi connectivity index (χ0n) is 10.2. The van der Waals surface area contributed by atoms with Gasteiger partial charge in [-0.25, -0.2) is 4.98 Å². The summed E-state index contributed by atoms with van der Waals surface area (Å²) in [5, 5.41) is 3.14. The Hall–Kier alpha value is -1.15. The molecule has 0 spiro atoms. The second-order valence-electron chi connectivity index (χ2n) is 5.12. The smallest absolute Gasteiger partial charge is 0.123 e. The highest BCUT2D eigenvalue weighted by atomic mass is 32.1. The molecule has 1 heterocycles. The minimum absolute atomic E-state index is 0.194. The number of hydrogen-bond donors (Lipinski definition) is 0. The van der Waals surface area contributed by atoms with Crippen LogP contribution in [0.2, 0.25) is 0 Å². The van der Waals surface area contributed by atoms with Crippen molar-refractivity contribution < 1.29 is 0 Å². The minimum Gasteiger partial charge on any atom is -0.245 e. The quantitative estimate of drug-likeness (QED) is 0.708. The van der Waals surface area contributed by atoms with Gasteiger partial charge in [-0.05, 0) is 29.5 Å². The lowest BCUT2D eigenvalue weighted by atomic mass is 9.85. The Morgan fingerprint density at radius 1 is 1.19 bits per heavy atom. The van der Waals surface area contributed by atoms with E-state index >= 15 is 0 Å². The van der Waals surface area contributed by atoms with Crippen LogP contribution in [0.4, 0.5) is 0 Å². The molecule has 0 unspecified atom stereocenters. The second-order valence-corrected chi connectivity index (χ2v) is 6.01. The summed E-state index contributed by atoms with van der Waals surface area (Å²) >= 11 is 1.70. The fraction of sp³-hybridized carbons (Fsp3) is 0.357. The van der Waals surface area contributed by atoms with E-state index in [2.05, 4.69) is 50.9 Å². The molecule has 0 fully saturated rings. The van der Waals surface area contributed by atoms with E-state index in [-0.39, 0.29) is 5.41 Å². The van der Waals surface area contributed by atoms with E-state index in [1.807, 2.05) is 11.6 Å². The zero-order valence-corrected chi connectivity index (χ0v) is 11.1. The van der Waals surface area contributed by atoms with Crippen molar-refractivity contribution in [3.8, 4) is 10.6 Å². The first-order chi connectivity index (χ1) is 7.48. The number of hydrogen-bond acceptors (Lipinski definition) is 2. The summed E-state index contributed by atoms with van der Waals surface area (Å²) in [5.74, 6) is 0. The van der Waals surface area contributed by atoms with Gasteiger partial charge in [0.2, 0.25) is 0 Å². The number of aromatic nitrogens is 1. The summed E-state index contributed by atoms with van der Waals surface area (Å²) in [4.78, 5) is 4.39. The van der Waals surface area contributed by atoms with Gasteiger partial charge in [-0.2, -0.15) is 0 Å². The molecule has 0 saturated carbocycles. The number of benzene rings is 1. The van der Waals surface area contributed by atoms with E-state index < -0.39 is 0 Å². The van der Waals surface area contributed by atoms with Crippen LogP contribution in [0.3, 0.4) is 0 Å². The molecule has 0 aliphatic rings. The zero-order chi connectivity index (χ0) is 11.8. The average molecular weight is 231 g/mol. The molecule has 2 aromatic rings. The summed E-state index contributed by atoms with van der Waals surface area (Å²) in [6.45, 7) is 8.86. The van der Waals surface area contributed by atoms with Crippen LogP contribution in [0.5, 0.6) is 0 Å². The number of aryl methyl sites for hydroxylation is 1. The van der Waals surface area contributed by atoms with E-state index in [0.29, 0.717) is 0 Å². The molecular formula is C14H17NS. The van der Waals surface area contributed by atoms with E-state index in [4.69, 9.17) is 0 Å². The molecule has 0 radical (unpaired) electrons. The summed E-state index contributed by atoms with van der Waals surface area (Å²) in [7, 11) is 0. The Bertz CT molecular complexity index is 478. The molecule has 0 bridgehead atoms. The molecular weight excluding hydrogens is 214 g/mol. The Balaban J connectivity index is 2.54. The molecule has 0 N–H and O–H groups in total. The van der Waals surface area contributed by atoms with Crippen molar-refractivity contribution in [2.75, 3.05) is 0 Å². The molecule has 0 amide bonds. The van der Waals surface area contributed by atoms with E-state index in [1.54, 1.807) is 11.3 Å². The fourth-order valence-corrected chi connectivity index (χ4v) is 2.39. The average Bonchev–Trinajstić information content (AvgIpc) is 2.69. The monoisotopic (exact) mass is 231 g/mol. The maximum Gasteiger partial charge on any atom is 0.123 e. The van der Waals surface area contributed by atoms with Gasteiger partial charge in [-0.15, -0.1) is 11.3 Å². The van der Waals surface area contributed by atoms with Crippen molar-refractivity contribution in [3.63, 3.8) is 0 Å². The molecule has 16 heavy (non-hydrogen) atoms. The van der Waals surface area contributed by atoms with Crippen molar-refractivity contribution in [2.24, 2.45) is 0 Å². The lowest BCUT2D eigenvalue weighted by molar-refractivity contribution is 0.590. The standard InChI is InChI=1S/C14H17NS/c1-10-5-6-11(14(2,3)4)9-12(10)13-15-7-8-16-13/h5-9H,1-4H3. The first-order valence-corrected chi connectivity index (χ1v) is 6.37. The van der Waals surface area contributed by atoms with Crippen LogP contribution in [0.25, 0.3) is 10.6 Å².